The van der Waals surface area contributed by atoms with Gasteiger partial charge in [0.1, 0.15) is 18.5 Å². The first-order chi connectivity index (χ1) is 7.26. The number of ether oxygens (including phenoxy) is 1. The lowest BCUT2D eigenvalue weighted by Crippen LogP contribution is -2.26. The van der Waals surface area contributed by atoms with Gasteiger partial charge in [0.2, 0.25) is 0 Å². The average molecular weight is 211 g/mol. The van der Waals surface area contributed by atoms with Crippen LogP contribution in [0.25, 0.3) is 0 Å². The maximum absolute atomic E-state index is 9.18. The fourth-order valence-corrected chi connectivity index (χ4v) is 1.14. The van der Waals surface area contributed by atoms with Gasteiger partial charge in [0.15, 0.2) is 0 Å². The molecule has 0 saturated carbocycles. The SMILES string of the molecule is NC[C@H](O)COc1ccc(CCO)cc1. The summed E-state index contributed by atoms with van der Waals surface area (Å²) in [4.78, 5) is 0. The molecular weight excluding hydrogens is 194 g/mol. The van der Waals surface area contributed by atoms with E-state index in [-0.39, 0.29) is 19.8 Å². The molecule has 0 aromatic heterocycles. The maximum Gasteiger partial charge on any atom is 0.119 e. The van der Waals surface area contributed by atoms with Crippen molar-refractivity contribution in [2.45, 2.75) is 12.5 Å². The Morgan fingerprint density at radius 1 is 1.27 bits per heavy atom. The summed E-state index contributed by atoms with van der Waals surface area (Å²) in [5.74, 6) is 0.698. The lowest BCUT2D eigenvalue weighted by Gasteiger charge is -2.10. The van der Waals surface area contributed by atoms with Gasteiger partial charge in [-0.15, -0.1) is 0 Å². The van der Waals surface area contributed by atoms with Crippen molar-refractivity contribution in [2.75, 3.05) is 19.8 Å². The van der Waals surface area contributed by atoms with E-state index in [1.54, 1.807) is 0 Å². The van der Waals surface area contributed by atoms with Gasteiger partial charge in [-0.2, -0.15) is 0 Å². The Kier molecular flexibility index (Phi) is 5.10. The molecule has 0 aliphatic heterocycles. The lowest BCUT2D eigenvalue weighted by atomic mass is 10.1. The Labute approximate surface area is 89.3 Å². The maximum atomic E-state index is 9.18. The molecule has 0 amide bonds. The number of nitrogens with two attached hydrogens (primary N) is 1. The summed E-state index contributed by atoms with van der Waals surface area (Å²) in [5.41, 5.74) is 6.30. The molecule has 0 unspecified atom stereocenters. The second-order valence-corrected chi connectivity index (χ2v) is 3.32. The van der Waals surface area contributed by atoms with E-state index in [2.05, 4.69) is 0 Å². The highest BCUT2D eigenvalue weighted by atomic mass is 16.5. The third-order valence-corrected chi connectivity index (χ3v) is 2.04. The number of aliphatic hydroxyl groups excluding tert-OH is 2. The van der Waals surface area contributed by atoms with E-state index in [1.165, 1.54) is 0 Å². The van der Waals surface area contributed by atoms with E-state index in [0.29, 0.717) is 12.2 Å². The minimum absolute atomic E-state index is 0.145. The monoisotopic (exact) mass is 211 g/mol. The van der Waals surface area contributed by atoms with Gasteiger partial charge < -0.3 is 20.7 Å². The third-order valence-electron chi connectivity index (χ3n) is 2.04. The van der Waals surface area contributed by atoms with Crippen LogP contribution in [0.2, 0.25) is 0 Å². The number of hydrogen-bond acceptors (Lipinski definition) is 4. The van der Waals surface area contributed by atoms with Crippen molar-refractivity contribution in [1.29, 1.82) is 0 Å². The first-order valence-corrected chi connectivity index (χ1v) is 4.97. The Hall–Kier alpha value is -1.10. The summed E-state index contributed by atoms with van der Waals surface area (Å²) < 4.78 is 5.30. The second-order valence-electron chi connectivity index (χ2n) is 3.32. The van der Waals surface area contributed by atoms with Gasteiger partial charge in [0.25, 0.3) is 0 Å². The van der Waals surface area contributed by atoms with Crippen molar-refractivity contribution in [3.63, 3.8) is 0 Å². The van der Waals surface area contributed by atoms with Crippen LogP contribution in [-0.4, -0.2) is 36.1 Å². The molecule has 1 aromatic carbocycles. The van der Waals surface area contributed by atoms with E-state index < -0.39 is 6.10 Å². The van der Waals surface area contributed by atoms with Gasteiger partial charge in [-0.25, -0.2) is 0 Å². The van der Waals surface area contributed by atoms with Gasteiger partial charge in [-0.1, -0.05) is 12.1 Å². The number of aliphatic hydroxyl groups is 2. The summed E-state index contributed by atoms with van der Waals surface area (Å²) in [6, 6.07) is 7.41. The average Bonchev–Trinajstić information content (AvgIpc) is 2.28. The molecule has 4 heteroatoms. The Morgan fingerprint density at radius 2 is 1.93 bits per heavy atom. The van der Waals surface area contributed by atoms with Gasteiger partial charge >= 0.3 is 0 Å². The molecule has 0 heterocycles. The first-order valence-electron chi connectivity index (χ1n) is 4.97. The third kappa shape index (κ3) is 4.29. The topological polar surface area (TPSA) is 75.7 Å². The fourth-order valence-electron chi connectivity index (χ4n) is 1.14. The van der Waals surface area contributed by atoms with Crippen LogP contribution >= 0.6 is 0 Å². The zero-order chi connectivity index (χ0) is 11.1. The minimum atomic E-state index is -0.623. The van der Waals surface area contributed by atoms with Crippen molar-refractivity contribution < 1.29 is 14.9 Å². The number of hydrogen-bond donors (Lipinski definition) is 3. The van der Waals surface area contributed by atoms with Crippen LogP contribution in [-0.2, 0) is 6.42 Å². The summed E-state index contributed by atoms with van der Waals surface area (Å²) in [7, 11) is 0. The van der Waals surface area contributed by atoms with Crippen LogP contribution < -0.4 is 10.5 Å². The smallest absolute Gasteiger partial charge is 0.119 e. The van der Waals surface area contributed by atoms with Crippen molar-refractivity contribution >= 4 is 0 Å². The van der Waals surface area contributed by atoms with Crippen LogP contribution in [0, 0.1) is 0 Å². The van der Waals surface area contributed by atoms with E-state index in [4.69, 9.17) is 15.6 Å². The quantitative estimate of drug-likeness (QED) is 0.615. The van der Waals surface area contributed by atoms with Crippen LogP contribution in [0.3, 0.4) is 0 Å². The number of rotatable bonds is 6. The van der Waals surface area contributed by atoms with E-state index in [1.807, 2.05) is 24.3 Å². The summed E-state index contributed by atoms with van der Waals surface area (Å²) in [6.45, 7) is 0.546. The molecule has 0 fully saturated rings. The Morgan fingerprint density at radius 3 is 2.47 bits per heavy atom. The largest absolute Gasteiger partial charge is 0.491 e. The molecular formula is C11H17NO3. The molecule has 1 atom stereocenters. The number of benzene rings is 1. The molecule has 1 aromatic rings. The molecule has 0 saturated heterocycles. The molecule has 4 N–H and O–H groups in total. The van der Waals surface area contributed by atoms with E-state index in [9.17, 15) is 5.11 Å². The predicted octanol–water partition coefficient (Wildman–Crippen LogP) is -0.0802. The zero-order valence-electron chi connectivity index (χ0n) is 8.60. The molecule has 0 spiro atoms. The van der Waals surface area contributed by atoms with Crippen molar-refractivity contribution in [3.8, 4) is 5.75 Å². The minimum Gasteiger partial charge on any atom is -0.491 e. The molecule has 0 aliphatic rings. The molecule has 1 rings (SSSR count). The molecule has 0 aliphatic carbocycles. The fraction of sp³-hybridized carbons (Fsp3) is 0.455. The van der Waals surface area contributed by atoms with Crippen LogP contribution in [0.4, 0.5) is 0 Å². The highest BCUT2D eigenvalue weighted by Crippen LogP contribution is 2.12. The lowest BCUT2D eigenvalue weighted by molar-refractivity contribution is 0.114. The second kappa shape index (κ2) is 6.40. The highest BCUT2D eigenvalue weighted by Gasteiger charge is 2.01. The Bertz CT molecular complexity index is 274. The van der Waals surface area contributed by atoms with E-state index in [0.717, 1.165) is 5.56 Å². The van der Waals surface area contributed by atoms with Crippen LogP contribution in [0.5, 0.6) is 5.75 Å². The van der Waals surface area contributed by atoms with Gasteiger partial charge in [0.05, 0.1) is 0 Å². The molecule has 15 heavy (non-hydrogen) atoms. The van der Waals surface area contributed by atoms with Crippen molar-refractivity contribution in [3.05, 3.63) is 29.8 Å². The van der Waals surface area contributed by atoms with E-state index >= 15 is 0 Å². The summed E-state index contributed by atoms with van der Waals surface area (Å²) in [6.07, 6.45) is 0.0215. The normalized spacial score (nSPS) is 12.5. The molecule has 4 nitrogen and oxygen atoms in total. The van der Waals surface area contributed by atoms with Gasteiger partial charge in [0, 0.05) is 13.2 Å². The summed E-state index contributed by atoms with van der Waals surface area (Å²) >= 11 is 0. The van der Waals surface area contributed by atoms with Gasteiger partial charge in [-0.05, 0) is 24.1 Å². The Balaban J connectivity index is 2.42. The van der Waals surface area contributed by atoms with Crippen LogP contribution in [0.1, 0.15) is 5.56 Å². The standard InChI is InChI=1S/C11H17NO3/c12-7-10(14)8-15-11-3-1-9(2-4-11)5-6-13/h1-4,10,13-14H,5-8,12H2/t10-/m0/s1. The zero-order valence-corrected chi connectivity index (χ0v) is 8.60. The molecule has 0 radical (unpaired) electrons. The highest BCUT2D eigenvalue weighted by molar-refractivity contribution is 5.27. The van der Waals surface area contributed by atoms with Crippen molar-refractivity contribution in [2.24, 2.45) is 5.73 Å². The predicted molar refractivity (Wildman–Crippen MR) is 57.8 cm³/mol. The summed E-state index contributed by atoms with van der Waals surface area (Å²) in [5, 5.41) is 17.9. The van der Waals surface area contributed by atoms with Crippen molar-refractivity contribution in [1.82, 2.24) is 0 Å². The van der Waals surface area contributed by atoms with Gasteiger partial charge in [-0.3, -0.25) is 0 Å². The molecule has 0 bridgehead atoms. The first kappa shape index (κ1) is 12.0. The van der Waals surface area contributed by atoms with Crippen LogP contribution in [0.15, 0.2) is 24.3 Å². The molecule has 84 valence electrons.